The Morgan fingerprint density at radius 1 is 1.35 bits per heavy atom. The summed E-state index contributed by atoms with van der Waals surface area (Å²) in [5.41, 5.74) is 8.28. The third-order valence-corrected chi connectivity index (χ3v) is 3.16. The van der Waals surface area contributed by atoms with Gasteiger partial charge in [-0.05, 0) is 24.3 Å². The fourth-order valence-corrected chi connectivity index (χ4v) is 2.20. The van der Waals surface area contributed by atoms with Crippen molar-refractivity contribution in [1.82, 2.24) is 10.2 Å². The van der Waals surface area contributed by atoms with Crippen LogP contribution in [0.5, 0.6) is 0 Å². The van der Waals surface area contributed by atoms with E-state index in [4.69, 9.17) is 10.2 Å². The molecule has 0 aliphatic heterocycles. The van der Waals surface area contributed by atoms with Gasteiger partial charge in [-0.1, -0.05) is 15.9 Å². The summed E-state index contributed by atoms with van der Waals surface area (Å²) in [6.07, 6.45) is 1.72. The van der Waals surface area contributed by atoms with E-state index in [0.717, 1.165) is 32.5 Å². The van der Waals surface area contributed by atoms with Crippen molar-refractivity contribution in [2.45, 2.75) is 6.54 Å². The molecule has 1 aromatic carbocycles. The first-order valence-electron chi connectivity index (χ1n) is 5.19. The van der Waals surface area contributed by atoms with Crippen LogP contribution in [0, 0.1) is 0 Å². The van der Waals surface area contributed by atoms with Crippen LogP contribution in [0.1, 0.15) is 5.56 Å². The Bertz CT molecular complexity index is 671. The molecule has 86 valence electrons. The summed E-state index contributed by atoms with van der Waals surface area (Å²) in [6.45, 7) is 0.437. The molecule has 0 bridgehead atoms. The summed E-state index contributed by atoms with van der Waals surface area (Å²) in [5.74, 6) is 0.760. The Balaban J connectivity index is 2.18. The minimum atomic E-state index is 0.437. The first kappa shape index (κ1) is 10.6. The van der Waals surface area contributed by atoms with E-state index in [1.54, 1.807) is 6.20 Å². The Hall–Kier alpha value is -1.59. The third kappa shape index (κ3) is 1.77. The lowest BCUT2D eigenvalue weighted by atomic mass is 10.2. The normalized spacial score (nSPS) is 11.2. The lowest BCUT2D eigenvalue weighted by Gasteiger charge is -1.94. The van der Waals surface area contributed by atoms with Crippen LogP contribution in [0.3, 0.4) is 0 Å². The average Bonchev–Trinajstić information content (AvgIpc) is 2.93. The number of aromatic amines is 1. The summed E-state index contributed by atoms with van der Waals surface area (Å²) >= 11 is 3.44. The summed E-state index contributed by atoms with van der Waals surface area (Å²) in [7, 11) is 0. The van der Waals surface area contributed by atoms with Crippen LogP contribution in [-0.2, 0) is 6.54 Å². The van der Waals surface area contributed by atoms with E-state index in [1.807, 2.05) is 24.3 Å². The smallest absolute Gasteiger partial charge is 0.153 e. The summed E-state index contributed by atoms with van der Waals surface area (Å²) in [5, 5.41) is 7.94. The van der Waals surface area contributed by atoms with Crippen molar-refractivity contribution in [3.8, 4) is 11.5 Å². The van der Waals surface area contributed by atoms with E-state index in [9.17, 15) is 0 Å². The van der Waals surface area contributed by atoms with Gasteiger partial charge in [0.05, 0.1) is 6.20 Å². The van der Waals surface area contributed by atoms with Crippen LogP contribution >= 0.6 is 15.9 Å². The fraction of sp³-hybridized carbons (Fsp3) is 0.0833. The van der Waals surface area contributed by atoms with Crippen LogP contribution in [0.25, 0.3) is 22.4 Å². The Morgan fingerprint density at radius 2 is 2.24 bits per heavy atom. The zero-order valence-electron chi connectivity index (χ0n) is 8.90. The number of nitrogens with zero attached hydrogens (tertiary/aromatic N) is 1. The SMILES string of the molecule is NCc1cn[nH]c1-c1cc2cc(Br)ccc2o1. The van der Waals surface area contributed by atoms with Crippen LogP contribution in [0.2, 0.25) is 0 Å². The van der Waals surface area contributed by atoms with E-state index in [-0.39, 0.29) is 0 Å². The minimum absolute atomic E-state index is 0.437. The molecule has 3 rings (SSSR count). The predicted molar refractivity (Wildman–Crippen MR) is 69.4 cm³/mol. The highest BCUT2D eigenvalue weighted by molar-refractivity contribution is 9.10. The van der Waals surface area contributed by atoms with Gasteiger partial charge in [0.25, 0.3) is 0 Å². The molecular weight excluding hydrogens is 282 g/mol. The molecule has 0 fully saturated rings. The number of hydrogen-bond donors (Lipinski definition) is 2. The monoisotopic (exact) mass is 291 g/mol. The number of fused-ring (bicyclic) bond motifs is 1. The molecule has 17 heavy (non-hydrogen) atoms. The molecule has 0 radical (unpaired) electrons. The van der Waals surface area contributed by atoms with E-state index in [0.29, 0.717) is 6.54 Å². The highest BCUT2D eigenvalue weighted by atomic mass is 79.9. The van der Waals surface area contributed by atoms with Gasteiger partial charge in [-0.15, -0.1) is 0 Å². The average molecular weight is 292 g/mol. The quantitative estimate of drug-likeness (QED) is 0.762. The Morgan fingerprint density at radius 3 is 3.06 bits per heavy atom. The van der Waals surface area contributed by atoms with Crippen LogP contribution < -0.4 is 5.73 Å². The van der Waals surface area contributed by atoms with Crippen molar-refractivity contribution in [3.05, 3.63) is 40.5 Å². The number of rotatable bonds is 2. The van der Waals surface area contributed by atoms with Gasteiger partial charge in [-0.3, -0.25) is 5.10 Å². The van der Waals surface area contributed by atoms with Gasteiger partial charge in [-0.2, -0.15) is 5.10 Å². The second-order valence-corrected chi connectivity index (χ2v) is 4.68. The van der Waals surface area contributed by atoms with Crippen molar-refractivity contribution in [2.75, 3.05) is 0 Å². The third-order valence-electron chi connectivity index (χ3n) is 2.66. The zero-order valence-corrected chi connectivity index (χ0v) is 10.5. The largest absolute Gasteiger partial charge is 0.454 e. The molecule has 0 amide bonds. The lowest BCUT2D eigenvalue weighted by molar-refractivity contribution is 0.627. The van der Waals surface area contributed by atoms with Crippen LogP contribution in [-0.4, -0.2) is 10.2 Å². The van der Waals surface area contributed by atoms with Gasteiger partial charge >= 0.3 is 0 Å². The Labute approximate surface area is 106 Å². The second kappa shape index (κ2) is 4.01. The van der Waals surface area contributed by atoms with Crippen LogP contribution in [0.15, 0.2) is 39.4 Å². The number of H-pyrrole nitrogens is 1. The van der Waals surface area contributed by atoms with E-state index < -0.39 is 0 Å². The van der Waals surface area contributed by atoms with Gasteiger partial charge < -0.3 is 10.2 Å². The molecule has 3 aromatic rings. The van der Waals surface area contributed by atoms with Gasteiger partial charge in [0.1, 0.15) is 11.3 Å². The van der Waals surface area contributed by atoms with Crippen molar-refractivity contribution < 1.29 is 4.42 Å². The highest BCUT2D eigenvalue weighted by Crippen LogP contribution is 2.30. The molecule has 0 spiro atoms. The second-order valence-electron chi connectivity index (χ2n) is 3.77. The van der Waals surface area contributed by atoms with E-state index >= 15 is 0 Å². The maximum Gasteiger partial charge on any atom is 0.153 e. The molecule has 0 aliphatic carbocycles. The van der Waals surface area contributed by atoms with Crippen molar-refractivity contribution >= 4 is 26.9 Å². The molecule has 2 heterocycles. The minimum Gasteiger partial charge on any atom is -0.454 e. The molecule has 3 N–H and O–H groups in total. The summed E-state index contributed by atoms with van der Waals surface area (Å²) < 4.78 is 6.79. The molecule has 0 unspecified atom stereocenters. The molecule has 2 aromatic heterocycles. The number of nitrogens with two attached hydrogens (primary N) is 1. The maximum absolute atomic E-state index is 5.76. The molecule has 0 saturated heterocycles. The van der Waals surface area contributed by atoms with Crippen molar-refractivity contribution in [2.24, 2.45) is 5.73 Å². The van der Waals surface area contributed by atoms with Crippen molar-refractivity contribution in [3.63, 3.8) is 0 Å². The number of hydrogen-bond acceptors (Lipinski definition) is 3. The molecule has 4 nitrogen and oxygen atoms in total. The number of benzene rings is 1. The molecule has 5 heteroatoms. The van der Waals surface area contributed by atoms with E-state index in [1.165, 1.54) is 0 Å². The number of halogens is 1. The molecule has 0 aliphatic rings. The number of aromatic nitrogens is 2. The van der Waals surface area contributed by atoms with E-state index in [2.05, 4.69) is 26.1 Å². The van der Waals surface area contributed by atoms with Gasteiger partial charge in [0, 0.05) is 22.0 Å². The number of furan rings is 1. The molecule has 0 atom stereocenters. The number of nitrogens with one attached hydrogen (secondary N) is 1. The predicted octanol–water partition coefficient (Wildman–Crippen LogP) is 3.04. The topological polar surface area (TPSA) is 67.8 Å². The standard InChI is InChI=1S/C12H10BrN3O/c13-9-1-2-10-7(3-9)4-11(17-10)12-8(5-14)6-15-16-12/h1-4,6H,5,14H2,(H,15,16). The first-order chi connectivity index (χ1) is 8.28. The highest BCUT2D eigenvalue weighted by Gasteiger charge is 2.11. The van der Waals surface area contributed by atoms with Gasteiger partial charge in [-0.25, -0.2) is 0 Å². The summed E-state index contributed by atoms with van der Waals surface area (Å²) in [4.78, 5) is 0. The fourth-order valence-electron chi connectivity index (χ4n) is 1.82. The molecular formula is C12H10BrN3O. The first-order valence-corrected chi connectivity index (χ1v) is 5.99. The summed E-state index contributed by atoms with van der Waals surface area (Å²) in [6, 6.07) is 7.88. The maximum atomic E-state index is 5.76. The lowest BCUT2D eigenvalue weighted by Crippen LogP contribution is -1.95. The van der Waals surface area contributed by atoms with Gasteiger partial charge in [0.2, 0.25) is 0 Å². The van der Waals surface area contributed by atoms with Crippen LogP contribution in [0.4, 0.5) is 0 Å². The molecule has 0 saturated carbocycles. The zero-order chi connectivity index (χ0) is 11.8. The Kier molecular flexibility index (Phi) is 2.49. The van der Waals surface area contributed by atoms with Gasteiger partial charge in [0.15, 0.2) is 5.76 Å². The van der Waals surface area contributed by atoms with Crippen molar-refractivity contribution in [1.29, 1.82) is 0 Å².